The molecule has 0 bridgehead atoms. The summed E-state index contributed by atoms with van der Waals surface area (Å²) in [5, 5.41) is 0. The van der Waals surface area contributed by atoms with E-state index >= 15 is 0 Å². The zero-order valence-corrected chi connectivity index (χ0v) is 12.1. The molecule has 0 radical (unpaired) electrons. The van der Waals surface area contributed by atoms with Crippen LogP contribution in [0, 0.1) is 25.6 Å². The quantitative estimate of drug-likeness (QED) is 0.740. The summed E-state index contributed by atoms with van der Waals surface area (Å²) in [4.78, 5) is 0.151. The Morgan fingerprint density at radius 1 is 1.35 bits per heavy atom. The van der Waals surface area contributed by atoms with E-state index in [0.717, 1.165) is 18.6 Å². The molecule has 3 heteroatoms. The molecular formula is C14H18BrFO. The highest BCUT2D eigenvalue weighted by Crippen LogP contribution is 2.38. The molecule has 1 aromatic rings. The van der Waals surface area contributed by atoms with E-state index in [9.17, 15) is 4.39 Å². The van der Waals surface area contributed by atoms with Gasteiger partial charge in [-0.15, -0.1) is 0 Å². The Balaban J connectivity index is 2.27. The molecule has 1 aliphatic rings. The molecule has 0 aromatic heterocycles. The van der Waals surface area contributed by atoms with Crippen LogP contribution in [-0.2, 0) is 4.74 Å². The van der Waals surface area contributed by atoms with Crippen molar-refractivity contribution in [2.24, 2.45) is 5.92 Å². The van der Waals surface area contributed by atoms with Crippen molar-refractivity contribution in [3.05, 3.63) is 34.6 Å². The smallest absolute Gasteiger partial charge is 0.129 e. The fraction of sp³-hybridized carbons (Fsp3) is 0.571. The lowest BCUT2D eigenvalue weighted by Gasteiger charge is -2.22. The molecule has 1 saturated heterocycles. The Hall–Kier alpha value is -0.410. The largest absolute Gasteiger partial charge is 0.376 e. The molecule has 1 aromatic carbocycles. The summed E-state index contributed by atoms with van der Waals surface area (Å²) in [6.45, 7) is 6.65. The van der Waals surface area contributed by atoms with Crippen LogP contribution in [0.15, 0.2) is 12.1 Å². The maximum atomic E-state index is 13.6. The highest BCUT2D eigenvalue weighted by atomic mass is 79.9. The predicted octanol–water partition coefficient (Wildman–Crippen LogP) is 4.30. The first kappa shape index (κ1) is 13.0. The van der Waals surface area contributed by atoms with Crippen LogP contribution in [-0.4, -0.2) is 12.7 Å². The first-order chi connectivity index (χ1) is 8.00. The third kappa shape index (κ3) is 2.55. The fourth-order valence-corrected chi connectivity index (χ4v) is 3.36. The van der Waals surface area contributed by atoms with Gasteiger partial charge in [0.2, 0.25) is 0 Å². The van der Waals surface area contributed by atoms with Crippen molar-refractivity contribution in [3.63, 3.8) is 0 Å². The van der Waals surface area contributed by atoms with Crippen molar-refractivity contribution in [1.82, 2.24) is 0 Å². The molecule has 0 saturated carbocycles. The van der Waals surface area contributed by atoms with E-state index in [1.54, 1.807) is 0 Å². The normalized spacial score (nSPS) is 26.2. The number of halogens is 2. The molecule has 1 fully saturated rings. The monoisotopic (exact) mass is 300 g/mol. The number of aryl methyl sites for hydroxylation is 2. The Morgan fingerprint density at radius 3 is 2.41 bits per heavy atom. The van der Waals surface area contributed by atoms with Gasteiger partial charge in [-0.05, 0) is 42.9 Å². The minimum absolute atomic E-state index is 0.103. The van der Waals surface area contributed by atoms with Gasteiger partial charge in [-0.25, -0.2) is 4.39 Å². The van der Waals surface area contributed by atoms with E-state index in [-0.39, 0.29) is 16.7 Å². The molecule has 1 heterocycles. The first-order valence-electron chi connectivity index (χ1n) is 6.03. The van der Waals surface area contributed by atoms with Gasteiger partial charge in [0.05, 0.1) is 10.9 Å². The van der Waals surface area contributed by atoms with Crippen LogP contribution in [0.5, 0.6) is 0 Å². The Morgan fingerprint density at radius 2 is 1.94 bits per heavy atom. The van der Waals surface area contributed by atoms with Crippen LogP contribution >= 0.6 is 15.9 Å². The maximum Gasteiger partial charge on any atom is 0.129 e. The van der Waals surface area contributed by atoms with E-state index in [1.807, 2.05) is 26.0 Å². The summed E-state index contributed by atoms with van der Waals surface area (Å²) in [6.07, 6.45) is 1.30. The molecule has 0 spiro atoms. The van der Waals surface area contributed by atoms with Gasteiger partial charge in [0.15, 0.2) is 0 Å². The van der Waals surface area contributed by atoms with Gasteiger partial charge in [0, 0.05) is 6.61 Å². The van der Waals surface area contributed by atoms with Gasteiger partial charge in [0.25, 0.3) is 0 Å². The minimum atomic E-state index is -0.103. The second kappa shape index (κ2) is 5.07. The first-order valence-corrected chi connectivity index (χ1v) is 6.94. The molecule has 17 heavy (non-hydrogen) atoms. The number of benzene rings is 1. The zero-order valence-electron chi connectivity index (χ0n) is 10.5. The fourth-order valence-electron chi connectivity index (χ4n) is 2.42. The summed E-state index contributed by atoms with van der Waals surface area (Å²) < 4.78 is 19.3. The van der Waals surface area contributed by atoms with Crippen molar-refractivity contribution in [1.29, 1.82) is 0 Å². The topological polar surface area (TPSA) is 9.23 Å². The van der Waals surface area contributed by atoms with Gasteiger partial charge in [0.1, 0.15) is 5.82 Å². The molecule has 1 aliphatic heterocycles. The molecule has 3 unspecified atom stereocenters. The Kier molecular flexibility index (Phi) is 3.88. The Labute approximate surface area is 110 Å². The van der Waals surface area contributed by atoms with Crippen LogP contribution in [0.1, 0.15) is 34.9 Å². The summed E-state index contributed by atoms with van der Waals surface area (Å²) in [7, 11) is 0. The number of ether oxygens (including phenoxy) is 1. The van der Waals surface area contributed by atoms with Crippen LogP contribution in [0.3, 0.4) is 0 Å². The van der Waals surface area contributed by atoms with E-state index in [0.29, 0.717) is 17.0 Å². The van der Waals surface area contributed by atoms with Crippen LogP contribution in [0.4, 0.5) is 4.39 Å². The average Bonchev–Trinajstić information content (AvgIpc) is 2.70. The summed E-state index contributed by atoms with van der Waals surface area (Å²) in [5.41, 5.74) is 2.52. The maximum absolute atomic E-state index is 13.6. The summed E-state index contributed by atoms with van der Waals surface area (Å²) in [5.74, 6) is 0.443. The second-order valence-electron chi connectivity index (χ2n) is 4.97. The van der Waals surface area contributed by atoms with Gasteiger partial charge in [-0.1, -0.05) is 35.0 Å². The van der Waals surface area contributed by atoms with Gasteiger partial charge >= 0.3 is 0 Å². The highest BCUT2D eigenvalue weighted by molar-refractivity contribution is 9.09. The van der Waals surface area contributed by atoms with Crippen molar-refractivity contribution < 1.29 is 9.13 Å². The zero-order chi connectivity index (χ0) is 12.6. The standard InChI is InChI=1S/C14H18BrFO/c1-8-4-5-17-14(8)12(15)11-6-9(2)13(16)10(3)7-11/h6-8,12,14H,4-5H2,1-3H3. The molecule has 3 atom stereocenters. The molecule has 0 aliphatic carbocycles. The third-order valence-corrected chi connectivity index (χ3v) is 4.56. The van der Waals surface area contributed by atoms with Gasteiger partial charge in [-0.3, -0.25) is 0 Å². The minimum Gasteiger partial charge on any atom is -0.376 e. The van der Waals surface area contributed by atoms with Crippen LogP contribution < -0.4 is 0 Å². The molecule has 0 N–H and O–H groups in total. The lowest BCUT2D eigenvalue weighted by Crippen LogP contribution is -2.19. The average molecular weight is 301 g/mol. The lowest BCUT2D eigenvalue weighted by atomic mass is 9.95. The summed E-state index contributed by atoms with van der Waals surface area (Å²) in [6, 6.07) is 3.83. The van der Waals surface area contributed by atoms with Crippen molar-refractivity contribution in [2.45, 2.75) is 38.1 Å². The Bertz CT molecular complexity index is 396. The molecule has 0 amide bonds. The SMILES string of the molecule is Cc1cc(C(Br)C2OCCC2C)cc(C)c1F. The molecule has 2 rings (SSSR count). The van der Waals surface area contributed by atoms with Crippen LogP contribution in [0.25, 0.3) is 0 Å². The molecule has 1 nitrogen and oxygen atoms in total. The van der Waals surface area contributed by atoms with E-state index in [4.69, 9.17) is 4.74 Å². The van der Waals surface area contributed by atoms with E-state index in [1.165, 1.54) is 0 Å². The number of rotatable bonds is 2. The van der Waals surface area contributed by atoms with E-state index < -0.39 is 0 Å². The van der Waals surface area contributed by atoms with Crippen molar-refractivity contribution >= 4 is 15.9 Å². The van der Waals surface area contributed by atoms with E-state index in [2.05, 4.69) is 22.9 Å². The third-order valence-electron chi connectivity index (χ3n) is 3.51. The lowest BCUT2D eigenvalue weighted by molar-refractivity contribution is 0.0934. The van der Waals surface area contributed by atoms with Gasteiger partial charge < -0.3 is 4.74 Å². The molecule has 94 valence electrons. The molecular weight excluding hydrogens is 283 g/mol. The number of alkyl halides is 1. The highest BCUT2D eigenvalue weighted by Gasteiger charge is 2.31. The van der Waals surface area contributed by atoms with Crippen LogP contribution in [0.2, 0.25) is 0 Å². The van der Waals surface area contributed by atoms with Crippen molar-refractivity contribution in [3.8, 4) is 0 Å². The van der Waals surface area contributed by atoms with Gasteiger partial charge in [-0.2, -0.15) is 0 Å². The summed E-state index contributed by atoms with van der Waals surface area (Å²) >= 11 is 3.70. The van der Waals surface area contributed by atoms with Crippen molar-refractivity contribution in [2.75, 3.05) is 6.61 Å². The second-order valence-corrected chi connectivity index (χ2v) is 5.96. The number of hydrogen-bond acceptors (Lipinski definition) is 1. The predicted molar refractivity (Wildman–Crippen MR) is 71.1 cm³/mol. The number of hydrogen-bond donors (Lipinski definition) is 0.